The summed E-state index contributed by atoms with van der Waals surface area (Å²) in [6.07, 6.45) is 0.609. The summed E-state index contributed by atoms with van der Waals surface area (Å²) in [5, 5.41) is 0. The molecule has 0 heterocycles. The number of carbonyl (C=O) groups is 1. The Hall–Kier alpha value is -0.370. The molecule has 56 valence electrons. The second-order valence-electron chi connectivity index (χ2n) is 1.96. The molecule has 0 aliphatic heterocycles. The Labute approximate surface area is 57.4 Å². The Morgan fingerprint density at radius 1 is 1.67 bits per heavy atom. The number of Topliss-reactive ketones (excluding diaryl/α,β-unsaturated/α-hetero) is 1. The Morgan fingerprint density at radius 3 is 2.22 bits per heavy atom. The lowest BCUT2D eigenvalue weighted by Gasteiger charge is -2.02. The van der Waals surface area contributed by atoms with Crippen LogP contribution >= 0.6 is 0 Å². The van der Waals surface area contributed by atoms with Gasteiger partial charge in [0.15, 0.2) is 0 Å². The largest absolute Gasteiger partial charge is 0.330 e. The molecule has 0 bridgehead atoms. The lowest BCUT2D eigenvalue weighted by molar-refractivity contribution is -0.121. The molecule has 0 aromatic heterocycles. The summed E-state index contributed by atoms with van der Waals surface area (Å²) in [6, 6.07) is 0. The van der Waals surface area contributed by atoms with Crippen LogP contribution in [0.4, 0.5) is 0 Å². The Morgan fingerprint density at radius 2 is 2.11 bits per heavy atom. The van der Waals surface area contributed by atoms with E-state index in [-0.39, 0.29) is 19.1 Å². The smallest absolute Gasteiger partial charge is 0.136 e. The second-order valence-corrected chi connectivity index (χ2v) is 1.96. The van der Waals surface area contributed by atoms with Gasteiger partial charge in [-0.05, 0) is 0 Å². The van der Waals surface area contributed by atoms with Crippen LogP contribution in [0.1, 0.15) is 27.7 Å². The highest BCUT2D eigenvalue weighted by atomic mass is 16.1. The average molecular weight is 131 g/mol. The minimum absolute atomic E-state index is 0. The van der Waals surface area contributed by atoms with Crippen molar-refractivity contribution in [3.63, 3.8) is 0 Å². The first-order valence-corrected chi connectivity index (χ1v) is 2.95. The predicted molar refractivity (Wildman–Crippen MR) is 40.2 cm³/mol. The maximum atomic E-state index is 10.7. The summed E-state index contributed by atoms with van der Waals surface area (Å²) in [5.74, 6) is 0.313. The van der Waals surface area contributed by atoms with Crippen molar-refractivity contribution in [3.05, 3.63) is 0 Å². The van der Waals surface area contributed by atoms with E-state index in [9.17, 15) is 4.79 Å². The molecule has 1 atom stereocenters. The van der Waals surface area contributed by atoms with Gasteiger partial charge in [-0.2, -0.15) is 0 Å². The molecule has 2 N–H and O–H groups in total. The van der Waals surface area contributed by atoms with Crippen molar-refractivity contribution in [3.8, 4) is 0 Å². The highest BCUT2D eigenvalue weighted by Gasteiger charge is 2.06. The van der Waals surface area contributed by atoms with E-state index in [1.165, 1.54) is 0 Å². The van der Waals surface area contributed by atoms with Crippen molar-refractivity contribution < 1.29 is 4.79 Å². The van der Waals surface area contributed by atoms with E-state index in [0.29, 0.717) is 13.0 Å². The van der Waals surface area contributed by atoms with Crippen LogP contribution in [0.25, 0.3) is 0 Å². The highest BCUT2D eigenvalue weighted by molar-refractivity contribution is 5.80. The van der Waals surface area contributed by atoms with Gasteiger partial charge in [-0.1, -0.05) is 21.3 Å². The van der Waals surface area contributed by atoms with Crippen LogP contribution in [0.15, 0.2) is 0 Å². The highest BCUT2D eigenvalue weighted by Crippen LogP contribution is 1.95. The van der Waals surface area contributed by atoms with Crippen LogP contribution in [-0.2, 0) is 4.79 Å². The van der Waals surface area contributed by atoms with Gasteiger partial charge in [-0.25, -0.2) is 0 Å². The molecule has 2 nitrogen and oxygen atoms in total. The lowest BCUT2D eigenvalue weighted by Crippen LogP contribution is -2.19. The maximum Gasteiger partial charge on any atom is 0.136 e. The Bertz CT molecular complexity index is 81.0. The third-order valence-electron chi connectivity index (χ3n) is 1.25. The fraction of sp³-hybridized carbons (Fsp3) is 0.857. The van der Waals surface area contributed by atoms with Crippen LogP contribution < -0.4 is 5.73 Å². The minimum Gasteiger partial charge on any atom is -0.330 e. The molecule has 2 heteroatoms. The standard InChI is InChI=1S/C6H13NO.CH4/c1-3-6(8)5(2)4-7;/h5H,3-4,7H2,1-2H3;1H4. The van der Waals surface area contributed by atoms with Crippen molar-refractivity contribution >= 4 is 5.78 Å². The van der Waals surface area contributed by atoms with Gasteiger partial charge >= 0.3 is 0 Å². The van der Waals surface area contributed by atoms with Crippen LogP contribution in [0, 0.1) is 5.92 Å². The molecule has 0 aliphatic carbocycles. The predicted octanol–water partition coefficient (Wildman–Crippen LogP) is 1.20. The van der Waals surface area contributed by atoms with Crippen molar-refractivity contribution in [1.29, 1.82) is 0 Å². The number of nitrogens with two attached hydrogens (primary N) is 1. The number of hydrogen-bond donors (Lipinski definition) is 1. The van der Waals surface area contributed by atoms with Gasteiger partial charge in [0.2, 0.25) is 0 Å². The van der Waals surface area contributed by atoms with Gasteiger partial charge in [0, 0.05) is 18.9 Å². The summed E-state index contributed by atoms with van der Waals surface area (Å²) in [7, 11) is 0. The van der Waals surface area contributed by atoms with E-state index in [4.69, 9.17) is 5.73 Å². The molecular weight excluding hydrogens is 114 g/mol. The van der Waals surface area contributed by atoms with Crippen molar-refractivity contribution in [1.82, 2.24) is 0 Å². The number of rotatable bonds is 3. The van der Waals surface area contributed by atoms with Crippen LogP contribution in [0.2, 0.25) is 0 Å². The first-order chi connectivity index (χ1) is 3.72. The molecule has 0 saturated carbocycles. The fourth-order valence-electron chi connectivity index (χ4n) is 0.480. The molecule has 0 radical (unpaired) electrons. The second kappa shape index (κ2) is 5.76. The summed E-state index contributed by atoms with van der Waals surface area (Å²) in [6.45, 7) is 4.19. The van der Waals surface area contributed by atoms with Crippen LogP contribution in [0.3, 0.4) is 0 Å². The quantitative estimate of drug-likeness (QED) is 0.625. The molecule has 0 spiro atoms. The van der Waals surface area contributed by atoms with E-state index in [2.05, 4.69) is 0 Å². The average Bonchev–Trinajstić information content (AvgIpc) is 1.84. The first-order valence-electron chi connectivity index (χ1n) is 2.95. The van der Waals surface area contributed by atoms with Crippen molar-refractivity contribution in [2.45, 2.75) is 27.7 Å². The molecule has 1 unspecified atom stereocenters. The third-order valence-corrected chi connectivity index (χ3v) is 1.25. The van der Waals surface area contributed by atoms with Crippen LogP contribution in [0.5, 0.6) is 0 Å². The number of hydrogen-bond acceptors (Lipinski definition) is 2. The molecule has 0 amide bonds. The molecule has 0 aliphatic rings. The number of carbonyl (C=O) groups excluding carboxylic acids is 1. The van der Waals surface area contributed by atoms with Gasteiger partial charge < -0.3 is 5.73 Å². The van der Waals surface area contributed by atoms with E-state index < -0.39 is 0 Å². The van der Waals surface area contributed by atoms with E-state index in [0.717, 1.165) is 0 Å². The maximum absolute atomic E-state index is 10.7. The lowest BCUT2D eigenvalue weighted by atomic mass is 10.1. The zero-order chi connectivity index (χ0) is 6.57. The zero-order valence-electron chi connectivity index (χ0n) is 5.48. The third kappa shape index (κ3) is 4.15. The van der Waals surface area contributed by atoms with Gasteiger partial charge in [0.25, 0.3) is 0 Å². The van der Waals surface area contributed by atoms with E-state index in [1.807, 2.05) is 13.8 Å². The molecule has 0 aromatic rings. The summed E-state index contributed by atoms with van der Waals surface area (Å²) < 4.78 is 0. The van der Waals surface area contributed by atoms with Gasteiger partial charge in [0.05, 0.1) is 0 Å². The topological polar surface area (TPSA) is 43.1 Å². The SMILES string of the molecule is C.CCC(=O)C(C)CN. The summed E-state index contributed by atoms with van der Waals surface area (Å²) in [5.41, 5.74) is 5.23. The van der Waals surface area contributed by atoms with Gasteiger partial charge in [0.1, 0.15) is 5.78 Å². The summed E-state index contributed by atoms with van der Waals surface area (Å²) >= 11 is 0. The zero-order valence-corrected chi connectivity index (χ0v) is 5.48. The molecule has 0 saturated heterocycles. The van der Waals surface area contributed by atoms with Gasteiger partial charge in [-0.15, -0.1) is 0 Å². The normalized spacial score (nSPS) is 11.9. The first kappa shape index (κ1) is 11.4. The van der Waals surface area contributed by atoms with E-state index >= 15 is 0 Å². The molecule has 0 fully saturated rings. The molecule has 9 heavy (non-hydrogen) atoms. The van der Waals surface area contributed by atoms with Crippen molar-refractivity contribution in [2.24, 2.45) is 11.7 Å². The molecular formula is C7H17NO. The molecule has 0 rings (SSSR count). The minimum atomic E-state index is 0. The summed E-state index contributed by atoms with van der Waals surface area (Å²) in [4.78, 5) is 10.7. The molecule has 0 aromatic carbocycles. The Kier molecular flexibility index (Phi) is 7.32. The van der Waals surface area contributed by atoms with Crippen molar-refractivity contribution in [2.75, 3.05) is 6.54 Å². The monoisotopic (exact) mass is 131 g/mol. The fourth-order valence-corrected chi connectivity index (χ4v) is 0.480. The van der Waals surface area contributed by atoms with Crippen LogP contribution in [-0.4, -0.2) is 12.3 Å². The van der Waals surface area contributed by atoms with E-state index in [1.54, 1.807) is 0 Å². The number of ketones is 1. The Balaban J connectivity index is 0. The van der Waals surface area contributed by atoms with Gasteiger partial charge in [-0.3, -0.25) is 4.79 Å².